The fourth-order valence-electron chi connectivity index (χ4n) is 3.62. The molecule has 0 amide bonds. The summed E-state index contributed by atoms with van der Waals surface area (Å²) in [5.41, 5.74) is 6.19. The van der Waals surface area contributed by atoms with Crippen molar-refractivity contribution in [2.45, 2.75) is 64.0 Å². The van der Waals surface area contributed by atoms with E-state index in [0.717, 1.165) is 32.0 Å². The van der Waals surface area contributed by atoms with Crippen LogP contribution in [0.5, 0.6) is 0 Å². The van der Waals surface area contributed by atoms with Crippen molar-refractivity contribution >= 4 is 5.97 Å². The van der Waals surface area contributed by atoms with Crippen molar-refractivity contribution in [2.75, 3.05) is 19.7 Å². The lowest BCUT2D eigenvalue weighted by Gasteiger charge is -2.39. The van der Waals surface area contributed by atoms with Crippen molar-refractivity contribution in [1.82, 2.24) is 4.90 Å². The standard InChI is InChI=1S/C15H28N2O2/c1-2-19-15(18)8-7-12-9-13(16)11-17(10-12)14-5-3-4-6-14/h12-14H,2-11,16H2,1H3. The van der Waals surface area contributed by atoms with Crippen LogP contribution < -0.4 is 5.73 Å². The van der Waals surface area contributed by atoms with E-state index in [1.54, 1.807) is 0 Å². The van der Waals surface area contributed by atoms with Gasteiger partial charge in [0.25, 0.3) is 0 Å². The van der Waals surface area contributed by atoms with Crippen molar-refractivity contribution in [1.29, 1.82) is 0 Å². The lowest BCUT2D eigenvalue weighted by Crippen LogP contribution is -2.50. The Hall–Kier alpha value is -0.610. The first-order chi connectivity index (χ1) is 9.19. The number of ether oxygens (including phenoxy) is 1. The number of likely N-dealkylation sites (tertiary alicyclic amines) is 1. The molecule has 2 N–H and O–H groups in total. The molecule has 0 bridgehead atoms. The van der Waals surface area contributed by atoms with Gasteiger partial charge in [-0.25, -0.2) is 0 Å². The van der Waals surface area contributed by atoms with Crippen LogP contribution in [0.3, 0.4) is 0 Å². The number of carbonyl (C=O) groups excluding carboxylic acids is 1. The largest absolute Gasteiger partial charge is 0.466 e. The maximum Gasteiger partial charge on any atom is 0.305 e. The van der Waals surface area contributed by atoms with Gasteiger partial charge in [-0.05, 0) is 38.5 Å². The topological polar surface area (TPSA) is 55.6 Å². The number of nitrogens with zero attached hydrogens (tertiary/aromatic N) is 1. The SMILES string of the molecule is CCOC(=O)CCC1CC(N)CN(C2CCCC2)C1. The second kappa shape index (κ2) is 7.25. The Balaban J connectivity index is 1.78. The summed E-state index contributed by atoms with van der Waals surface area (Å²) in [6.45, 7) is 4.51. The quantitative estimate of drug-likeness (QED) is 0.774. The minimum atomic E-state index is -0.0611. The molecule has 0 aromatic heterocycles. The molecule has 19 heavy (non-hydrogen) atoms. The molecule has 1 aliphatic carbocycles. The highest BCUT2D eigenvalue weighted by molar-refractivity contribution is 5.69. The van der Waals surface area contributed by atoms with E-state index in [1.165, 1.54) is 25.7 Å². The smallest absolute Gasteiger partial charge is 0.305 e. The Bertz CT molecular complexity index is 290. The van der Waals surface area contributed by atoms with Crippen LogP contribution in [0.2, 0.25) is 0 Å². The maximum atomic E-state index is 11.4. The molecule has 2 unspecified atom stereocenters. The van der Waals surface area contributed by atoms with E-state index in [9.17, 15) is 4.79 Å². The number of carbonyl (C=O) groups is 1. The molecule has 4 nitrogen and oxygen atoms in total. The van der Waals surface area contributed by atoms with E-state index < -0.39 is 0 Å². The molecule has 110 valence electrons. The van der Waals surface area contributed by atoms with Gasteiger partial charge in [0.05, 0.1) is 6.61 Å². The Kier molecular flexibility index (Phi) is 5.64. The van der Waals surface area contributed by atoms with Crippen LogP contribution in [0.1, 0.15) is 51.9 Å². The van der Waals surface area contributed by atoms with Gasteiger partial charge in [0.15, 0.2) is 0 Å². The average molecular weight is 268 g/mol. The zero-order valence-electron chi connectivity index (χ0n) is 12.1. The lowest BCUT2D eigenvalue weighted by atomic mass is 9.89. The number of esters is 1. The van der Waals surface area contributed by atoms with Crippen LogP contribution in [0.15, 0.2) is 0 Å². The van der Waals surface area contributed by atoms with Gasteiger partial charge in [0.1, 0.15) is 0 Å². The average Bonchev–Trinajstić information content (AvgIpc) is 2.90. The van der Waals surface area contributed by atoms with Gasteiger partial charge < -0.3 is 10.5 Å². The first-order valence-corrected chi connectivity index (χ1v) is 7.84. The zero-order chi connectivity index (χ0) is 13.7. The summed E-state index contributed by atoms with van der Waals surface area (Å²) in [6.07, 6.45) is 7.92. The van der Waals surface area contributed by atoms with Crippen molar-refractivity contribution in [3.63, 3.8) is 0 Å². The highest BCUT2D eigenvalue weighted by Gasteiger charge is 2.31. The van der Waals surface area contributed by atoms with Crippen LogP contribution in [-0.2, 0) is 9.53 Å². The summed E-state index contributed by atoms with van der Waals surface area (Å²) < 4.78 is 5.00. The summed E-state index contributed by atoms with van der Waals surface area (Å²) >= 11 is 0. The predicted molar refractivity (Wildman–Crippen MR) is 75.8 cm³/mol. The van der Waals surface area contributed by atoms with Crippen molar-refractivity contribution in [3.05, 3.63) is 0 Å². The molecule has 1 saturated carbocycles. The van der Waals surface area contributed by atoms with Gasteiger partial charge >= 0.3 is 5.97 Å². The predicted octanol–water partition coefficient (Wildman–Crippen LogP) is 1.92. The number of piperidine rings is 1. The Morgan fingerprint density at radius 1 is 1.32 bits per heavy atom. The van der Waals surface area contributed by atoms with Crippen molar-refractivity contribution in [2.24, 2.45) is 11.7 Å². The minimum absolute atomic E-state index is 0.0611. The molecule has 0 aromatic carbocycles. The molecule has 2 rings (SSSR count). The van der Waals surface area contributed by atoms with Crippen LogP contribution in [0.25, 0.3) is 0 Å². The second-order valence-electron chi connectivity index (χ2n) is 6.10. The fourth-order valence-corrected chi connectivity index (χ4v) is 3.62. The zero-order valence-corrected chi connectivity index (χ0v) is 12.1. The van der Waals surface area contributed by atoms with E-state index in [4.69, 9.17) is 10.5 Å². The molecule has 0 radical (unpaired) electrons. The van der Waals surface area contributed by atoms with Crippen molar-refractivity contribution in [3.8, 4) is 0 Å². The molecule has 0 aromatic rings. The van der Waals surface area contributed by atoms with Crippen LogP contribution >= 0.6 is 0 Å². The van der Waals surface area contributed by atoms with Crippen LogP contribution in [0, 0.1) is 5.92 Å². The first kappa shape index (κ1) is 14.8. The lowest BCUT2D eigenvalue weighted by molar-refractivity contribution is -0.143. The summed E-state index contributed by atoms with van der Waals surface area (Å²) in [6, 6.07) is 1.03. The van der Waals surface area contributed by atoms with Gasteiger partial charge in [-0.3, -0.25) is 9.69 Å². The first-order valence-electron chi connectivity index (χ1n) is 7.84. The van der Waals surface area contributed by atoms with Gasteiger partial charge in [-0.1, -0.05) is 12.8 Å². The molecule has 1 saturated heterocycles. The van der Waals surface area contributed by atoms with E-state index in [0.29, 0.717) is 18.9 Å². The summed E-state index contributed by atoms with van der Waals surface area (Å²) in [7, 11) is 0. The number of hydrogen-bond acceptors (Lipinski definition) is 4. The second-order valence-corrected chi connectivity index (χ2v) is 6.10. The molecule has 1 aliphatic heterocycles. The Morgan fingerprint density at radius 3 is 2.74 bits per heavy atom. The van der Waals surface area contributed by atoms with Gasteiger partial charge in [-0.2, -0.15) is 0 Å². The normalized spacial score (nSPS) is 29.6. The Morgan fingerprint density at radius 2 is 2.05 bits per heavy atom. The maximum absolute atomic E-state index is 11.4. The molecule has 2 aliphatic rings. The number of nitrogens with two attached hydrogens (primary N) is 1. The van der Waals surface area contributed by atoms with Crippen LogP contribution in [0.4, 0.5) is 0 Å². The third-order valence-corrected chi connectivity index (χ3v) is 4.50. The summed E-state index contributed by atoms with van der Waals surface area (Å²) in [5.74, 6) is 0.503. The molecule has 2 atom stereocenters. The summed E-state index contributed by atoms with van der Waals surface area (Å²) in [5, 5.41) is 0. The molecule has 4 heteroatoms. The van der Waals surface area contributed by atoms with E-state index >= 15 is 0 Å². The van der Waals surface area contributed by atoms with E-state index in [2.05, 4.69) is 4.90 Å². The van der Waals surface area contributed by atoms with E-state index in [-0.39, 0.29) is 12.0 Å². The number of hydrogen-bond donors (Lipinski definition) is 1. The minimum Gasteiger partial charge on any atom is -0.466 e. The third-order valence-electron chi connectivity index (χ3n) is 4.50. The summed E-state index contributed by atoms with van der Waals surface area (Å²) in [4.78, 5) is 14.0. The molecule has 0 spiro atoms. The van der Waals surface area contributed by atoms with Crippen molar-refractivity contribution < 1.29 is 9.53 Å². The van der Waals surface area contributed by atoms with Gasteiger partial charge in [-0.15, -0.1) is 0 Å². The van der Waals surface area contributed by atoms with Gasteiger partial charge in [0, 0.05) is 31.6 Å². The molecule has 2 fully saturated rings. The fraction of sp³-hybridized carbons (Fsp3) is 0.933. The van der Waals surface area contributed by atoms with Gasteiger partial charge in [0.2, 0.25) is 0 Å². The molecule has 1 heterocycles. The third kappa shape index (κ3) is 4.46. The number of rotatable bonds is 5. The highest BCUT2D eigenvalue weighted by Crippen LogP contribution is 2.29. The van der Waals surface area contributed by atoms with E-state index in [1.807, 2.05) is 6.92 Å². The van der Waals surface area contributed by atoms with Crippen LogP contribution in [-0.4, -0.2) is 42.6 Å². The molecular formula is C15H28N2O2. The molecular weight excluding hydrogens is 240 g/mol. The highest BCUT2D eigenvalue weighted by atomic mass is 16.5. The monoisotopic (exact) mass is 268 g/mol. The Labute approximate surface area is 116 Å².